The van der Waals surface area contributed by atoms with Gasteiger partial charge >= 0.3 is 0 Å². The lowest BCUT2D eigenvalue weighted by Gasteiger charge is -2.10. The smallest absolute Gasteiger partial charge is 0.224 e. The fourth-order valence-corrected chi connectivity index (χ4v) is 1.28. The van der Waals surface area contributed by atoms with Crippen molar-refractivity contribution in [2.45, 2.75) is 13.0 Å². The van der Waals surface area contributed by atoms with Crippen molar-refractivity contribution in [3.8, 4) is 0 Å². The molecule has 0 radical (unpaired) electrons. The summed E-state index contributed by atoms with van der Waals surface area (Å²) in [5.41, 5.74) is 0. The van der Waals surface area contributed by atoms with Crippen LogP contribution in [0, 0.1) is 0 Å². The minimum absolute atomic E-state index is 0.0153. The Morgan fingerprint density at radius 1 is 1.47 bits per heavy atom. The summed E-state index contributed by atoms with van der Waals surface area (Å²) in [5.74, 6) is 1.39. The normalized spacial score (nSPS) is 12.4. The molecule has 0 aromatic carbocycles. The minimum atomic E-state index is -0.0153. The van der Waals surface area contributed by atoms with E-state index in [1.165, 1.54) is 6.33 Å². The van der Waals surface area contributed by atoms with Crippen LogP contribution in [0.4, 0.5) is 5.82 Å². The minimum Gasteiger partial charge on any atom is -0.360 e. The van der Waals surface area contributed by atoms with Crippen molar-refractivity contribution >= 4 is 17.4 Å². The lowest BCUT2D eigenvalue weighted by molar-refractivity contribution is 0.789. The van der Waals surface area contributed by atoms with Gasteiger partial charge in [-0.15, -0.1) is 0 Å². The molecule has 0 aliphatic carbocycles. The van der Waals surface area contributed by atoms with Crippen LogP contribution >= 0.6 is 11.6 Å². The zero-order chi connectivity index (χ0) is 10.7. The van der Waals surface area contributed by atoms with Crippen LogP contribution in [0.3, 0.4) is 0 Å². The Kier molecular flexibility index (Phi) is 2.77. The van der Waals surface area contributed by atoms with E-state index in [1.807, 2.05) is 6.92 Å². The van der Waals surface area contributed by atoms with E-state index in [0.717, 1.165) is 5.82 Å². The number of hydrogen-bond donors (Lipinski definition) is 2. The molecule has 2 aromatic heterocycles. The van der Waals surface area contributed by atoms with Gasteiger partial charge in [0.15, 0.2) is 0 Å². The highest BCUT2D eigenvalue weighted by Crippen LogP contribution is 2.14. The Labute approximate surface area is 91.1 Å². The lowest BCUT2D eigenvalue weighted by Crippen LogP contribution is -2.09. The molecule has 2 rings (SSSR count). The SMILES string of the molecule is CC(Nc1ccnc(Cl)n1)c1ncn[nH]1. The van der Waals surface area contributed by atoms with Gasteiger partial charge in [-0.05, 0) is 24.6 Å². The maximum atomic E-state index is 5.66. The molecule has 15 heavy (non-hydrogen) atoms. The van der Waals surface area contributed by atoms with Crippen molar-refractivity contribution in [2.75, 3.05) is 5.32 Å². The molecule has 0 aliphatic heterocycles. The summed E-state index contributed by atoms with van der Waals surface area (Å²) in [6.07, 6.45) is 3.05. The second-order valence-corrected chi connectivity index (χ2v) is 3.29. The molecular weight excluding hydrogens is 216 g/mol. The Morgan fingerprint density at radius 2 is 2.33 bits per heavy atom. The van der Waals surface area contributed by atoms with Gasteiger partial charge in [-0.3, -0.25) is 5.10 Å². The van der Waals surface area contributed by atoms with Crippen molar-refractivity contribution in [1.82, 2.24) is 25.1 Å². The van der Waals surface area contributed by atoms with Crippen LogP contribution in [0.15, 0.2) is 18.6 Å². The van der Waals surface area contributed by atoms with Crippen molar-refractivity contribution < 1.29 is 0 Å². The topological polar surface area (TPSA) is 79.4 Å². The zero-order valence-electron chi connectivity index (χ0n) is 7.98. The van der Waals surface area contributed by atoms with E-state index in [0.29, 0.717) is 5.82 Å². The van der Waals surface area contributed by atoms with E-state index in [-0.39, 0.29) is 11.3 Å². The molecule has 0 amide bonds. The number of rotatable bonds is 3. The molecule has 0 spiro atoms. The number of nitrogens with zero attached hydrogens (tertiary/aromatic N) is 4. The molecule has 1 atom stereocenters. The molecule has 6 nitrogen and oxygen atoms in total. The molecule has 2 N–H and O–H groups in total. The zero-order valence-corrected chi connectivity index (χ0v) is 8.73. The molecule has 1 unspecified atom stereocenters. The van der Waals surface area contributed by atoms with Gasteiger partial charge < -0.3 is 5.32 Å². The van der Waals surface area contributed by atoms with Gasteiger partial charge in [0, 0.05) is 6.20 Å². The summed E-state index contributed by atoms with van der Waals surface area (Å²) >= 11 is 5.66. The third kappa shape index (κ3) is 2.41. The number of H-pyrrole nitrogens is 1. The molecule has 0 fully saturated rings. The quantitative estimate of drug-likeness (QED) is 0.771. The van der Waals surface area contributed by atoms with Crippen molar-refractivity contribution in [2.24, 2.45) is 0 Å². The largest absolute Gasteiger partial charge is 0.360 e. The molecule has 0 bridgehead atoms. The summed E-state index contributed by atoms with van der Waals surface area (Å²) in [7, 11) is 0. The predicted octanol–water partition coefficient (Wildman–Crippen LogP) is 1.42. The number of nitrogens with one attached hydrogen (secondary N) is 2. The summed E-state index contributed by atoms with van der Waals surface area (Å²) in [6.45, 7) is 1.94. The van der Waals surface area contributed by atoms with Gasteiger partial charge in [-0.1, -0.05) is 0 Å². The van der Waals surface area contributed by atoms with E-state index < -0.39 is 0 Å². The van der Waals surface area contributed by atoms with Crippen LogP contribution in [0.1, 0.15) is 18.8 Å². The fourth-order valence-electron chi connectivity index (χ4n) is 1.13. The molecule has 0 saturated heterocycles. The van der Waals surface area contributed by atoms with E-state index >= 15 is 0 Å². The van der Waals surface area contributed by atoms with Crippen LogP contribution < -0.4 is 5.32 Å². The van der Waals surface area contributed by atoms with E-state index in [4.69, 9.17) is 11.6 Å². The van der Waals surface area contributed by atoms with Gasteiger partial charge in [-0.2, -0.15) is 5.10 Å². The van der Waals surface area contributed by atoms with E-state index in [1.54, 1.807) is 12.3 Å². The van der Waals surface area contributed by atoms with Gasteiger partial charge in [0.05, 0.1) is 6.04 Å². The second kappa shape index (κ2) is 4.22. The number of aromatic nitrogens is 5. The maximum absolute atomic E-state index is 5.66. The Morgan fingerprint density at radius 3 is 3.00 bits per heavy atom. The summed E-state index contributed by atoms with van der Waals surface area (Å²) in [6, 6.07) is 1.72. The van der Waals surface area contributed by atoms with Crippen LogP contribution in [0.5, 0.6) is 0 Å². The molecule has 7 heteroatoms. The fraction of sp³-hybridized carbons (Fsp3) is 0.250. The lowest BCUT2D eigenvalue weighted by atomic mass is 10.3. The Balaban J connectivity index is 2.09. The highest BCUT2D eigenvalue weighted by molar-refractivity contribution is 6.28. The van der Waals surface area contributed by atoms with Gasteiger partial charge in [0.2, 0.25) is 5.28 Å². The van der Waals surface area contributed by atoms with Crippen molar-refractivity contribution in [1.29, 1.82) is 0 Å². The highest BCUT2D eigenvalue weighted by Gasteiger charge is 2.08. The molecule has 78 valence electrons. The second-order valence-electron chi connectivity index (χ2n) is 2.95. The standard InChI is InChI=1S/C8H9ClN6/c1-5(7-11-4-12-15-7)13-6-2-3-10-8(9)14-6/h2-5H,1H3,(H,10,13,14)(H,11,12,15). The van der Waals surface area contributed by atoms with E-state index in [9.17, 15) is 0 Å². The molecule has 0 aliphatic rings. The number of halogens is 1. The first kappa shape index (κ1) is 9.85. The Hall–Kier alpha value is -1.69. The third-order valence-corrected chi connectivity index (χ3v) is 2.02. The van der Waals surface area contributed by atoms with Gasteiger partial charge in [0.25, 0.3) is 0 Å². The summed E-state index contributed by atoms with van der Waals surface area (Å²) in [5, 5.41) is 9.87. The van der Waals surface area contributed by atoms with Crippen molar-refractivity contribution in [3.63, 3.8) is 0 Å². The average molecular weight is 225 g/mol. The first-order valence-corrected chi connectivity index (χ1v) is 4.74. The van der Waals surface area contributed by atoms with Gasteiger partial charge in [-0.25, -0.2) is 15.0 Å². The predicted molar refractivity (Wildman–Crippen MR) is 55.5 cm³/mol. The highest BCUT2D eigenvalue weighted by atomic mass is 35.5. The first-order valence-electron chi connectivity index (χ1n) is 4.36. The van der Waals surface area contributed by atoms with E-state index in [2.05, 4.69) is 30.5 Å². The van der Waals surface area contributed by atoms with Crippen LogP contribution in [0.25, 0.3) is 0 Å². The molecule has 2 heterocycles. The third-order valence-electron chi connectivity index (χ3n) is 1.83. The summed E-state index contributed by atoms with van der Waals surface area (Å²) in [4.78, 5) is 11.8. The number of aromatic amines is 1. The molecular formula is C8H9ClN6. The average Bonchev–Trinajstić information content (AvgIpc) is 2.70. The number of anilines is 1. The molecule has 2 aromatic rings. The molecule has 0 saturated carbocycles. The van der Waals surface area contributed by atoms with Crippen LogP contribution in [0.2, 0.25) is 5.28 Å². The van der Waals surface area contributed by atoms with Gasteiger partial charge in [0.1, 0.15) is 18.0 Å². The first-order chi connectivity index (χ1) is 7.25. The van der Waals surface area contributed by atoms with Crippen LogP contribution in [-0.4, -0.2) is 25.1 Å². The van der Waals surface area contributed by atoms with Crippen molar-refractivity contribution in [3.05, 3.63) is 29.7 Å². The summed E-state index contributed by atoms with van der Waals surface area (Å²) < 4.78 is 0. The monoisotopic (exact) mass is 224 g/mol. The van der Waals surface area contributed by atoms with Crippen LogP contribution in [-0.2, 0) is 0 Å². The number of hydrogen-bond acceptors (Lipinski definition) is 5. The Bertz CT molecular complexity index is 428. The maximum Gasteiger partial charge on any atom is 0.224 e.